The van der Waals surface area contributed by atoms with Crippen LogP contribution >= 0.6 is 11.3 Å². The van der Waals surface area contributed by atoms with Crippen molar-refractivity contribution in [1.29, 1.82) is 5.26 Å². The normalized spacial score (nSPS) is 23.5. The van der Waals surface area contributed by atoms with Crippen molar-refractivity contribution in [1.82, 2.24) is 24.5 Å². The predicted molar refractivity (Wildman–Crippen MR) is 115 cm³/mol. The van der Waals surface area contributed by atoms with Gasteiger partial charge in [0.05, 0.1) is 17.6 Å². The molecule has 0 aliphatic carbocycles. The second-order valence-electron chi connectivity index (χ2n) is 7.88. The van der Waals surface area contributed by atoms with Crippen molar-refractivity contribution in [3.63, 3.8) is 0 Å². The Morgan fingerprint density at radius 3 is 2.87 bits per heavy atom. The molecule has 0 saturated carbocycles. The summed E-state index contributed by atoms with van der Waals surface area (Å²) in [6.45, 7) is 0.855. The van der Waals surface area contributed by atoms with Gasteiger partial charge < -0.3 is 15.7 Å². The number of fused-ring (bicyclic) bond motifs is 3. The molecule has 2 fully saturated rings. The maximum absolute atomic E-state index is 9.28. The highest BCUT2D eigenvalue weighted by Gasteiger charge is 2.40. The van der Waals surface area contributed by atoms with Gasteiger partial charge in [-0.3, -0.25) is 4.90 Å². The Morgan fingerprint density at radius 2 is 2.13 bits per heavy atom. The fourth-order valence-corrected chi connectivity index (χ4v) is 5.42. The zero-order chi connectivity index (χ0) is 20.5. The van der Waals surface area contributed by atoms with Crippen LogP contribution in [0, 0.1) is 11.3 Å². The molecule has 2 aliphatic heterocycles. The molecule has 30 heavy (non-hydrogen) atoms. The number of rotatable bonds is 7. The Hall–Kier alpha value is -2.74. The number of nitriles is 1. The van der Waals surface area contributed by atoms with E-state index < -0.39 is 0 Å². The fourth-order valence-electron chi connectivity index (χ4n) is 4.75. The van der Waals surface area contributed by atoms with Gasteiger partial charge in [0.2, 0.25) is 5.95 Å². The Bertz CT molecular complexity index is 1060. The van der Waals surface area contributed by atoms with Gasteiger partial charge in [-0.2, -0.15) is 10.2 Å². The molecule has 0 aromatic carbocycles. The molecule has 2 saturated heterocycles. The molecular formula is C20H24N8OS. The summed E-state index contributed by atoms with van der Waals surface area (Å²) in [6.07, 6.45) is 8.67. The van der Waals surface area contributed by atoms with Crippen LogP contribution in [0.1, 0.15) is 37.0 Å². The van der Waals surface area contributed by atoms with Crippen LogP contribution in [0.2, 0.25) is 0 Å². The van der Waals surface area contributed by atoms with Gasteiger partial charge in [-0.1, -0.05) is 11.3 Å². The number of hydrogen-bond donors (Lipinski definition) is 3. The lowest BCUT2D eigenvalue weighted by atomic mass is 9.97. The van der Waals surface area contributed by atoms with E-state index >= 15 is 0 Å². The Labute approximate surface area is 178 Å². The first kappa shape index (κ1) is 19.2. The van der Waals surface area contributed by atoms with E-state index in [0.29, 0.717) is 41.4 Å². The molecule has 2 bridgehead atoms. The third kappa shape index (κ3) is 3.71. The summed E-state index contributed by atoms with van der Waals surface area (Å²) in [5.41, 5.74) is 0.868. The number of aliphatic hydroxyl groups is 1. The third-order valence-corrected chi connectivity index (χ3v) is 6.92. The largest absolute Gasteiger partial charge is 0.391 e. The van der Waals surface area contributed by atoms with Crippen molar-refractivity contribution in [2.24, 2.45) is 0 Å². The molecule has 2 aliphatic rings. The number of nitrogens with one attached hydrogen (secondary N) is 2. The van der Waals surface area contributed by atoms with Gasteiger partial charge in [-0.25, -0.2) is 9.50 Å². The van der Waals surface area contributed by atoms with Crippen molar-refractivity contribution < 1.29 is 5.11 Å². The minimum absolute atomic E-state index is 0.0220. The molecule has 156 valence electrons. The monoisotopic (exact) mass is 424 g/mol. The fraction of sp³-hybridized carbons (Fsp3) is 0.500. The van der Waals surface area contributed by atoms with Crippen molar-refractivity contribution in [2.45, 2.75) is 56.8 Å². The molecule has 0 radical (unpaired) electrons. The predicted octanol–water partition coefficient (Wildman–Crippen LogP) is 2.74. The first-order valence-electron chi connectivity index (χ1n) is 10.3. The van der Waals surface area contributed by atoms with Crippen molar-refractivity contribution in [3.8, 4) is 6.07 Å². The standard InChI is InChI=1S/C20H24N8OS/c21-6-2-7-27-14-4-5-15(27)10-13(9-14)23-19-24-18(17-3-1-8-28(17)26-19)25-20-22-11-16(12-29)30-20/h1,3,8,11,13-15,29H,2,4-5,7,9-10,12H2,(H2,22,23,24,25,26)/t13-,14-,15?/m0/s1. The van der Waals surface area contributed by atoms with E-state index in [1.807, 2.05) is 22.8 Å². The zero-order valence-corrected chi connectivity index (χ0v) is 17.3. The van der Waals surface area contributed by atoms with Crippen LogP contribution < -0.4 is 10.6 Å². The summed E-state index contributed by atoms with van der Waals surface area (Å²) in [4.78, 5) is 12.4. The number of aliphatic hydroxyl groups excluding tert-OH is 1. The van der Waals surface area contributed by atoms with Crippen LogP contribution in [0.3, 0.4) is 0 Å². The second kappa shape index (κ2) is 8.18. The number of piperidine rings is 1. The van der Waals surface area contributed by atoms with Gasteiger partial charge in [0.1, 0.15) is 5.52 Å². The summed E-state index contributed by atoms with van der Waals surface area (Å²) in [6, 6.07) is 7.57. The first-order chi connectivity index (χ1) is 14.7. The van der Waals surface area contributed by atoms with Crippen LogP contribution in [0.15, 0.2) is 24.5 Å². The number of hydrogen-bond acceptors (Lipinski definition) is 9. The highest BCUT2D eigenvalue weighted by molar-refractivity contribution is 7.15. The van der Waals surface area contributed by atoms with Gasteiger partial charge in [0.15, 0.2) is 10.9 Å². The minimum Gasteiger partial charge on any atom is -0.391 e. The maximum Gasteiger partial charge on any atom is 0.243 e. The molecule has 3 atom stereocenters. The lowest BCUT2D eigenvalue weighted by molar-refractivity contribution is 0.135. The summed E-state index contributed by atoms with van der Waals surface area (Å²) >= 11 is 1.41. The highest BCUT2D eigenvalue weighted by Crippen LogP contribution is 2.36. The number of aromatic nitrogens is 4. The lowest BCUT2D eigenvalue weighted by Gasteiger charge is -2.38. The third-order valence-electron chi connectivity index (χ3n) is 6.03. The lowest BCUT2D eigenvalue weighted by Crippen LogP contribution is -2.47. The molecule has 1 unspecified atom stereocenters. The molecule has 10 heteroatoms. The summed E-state index contributed by atoms with van der Waals surface area (Å²) in [5, 5.41) is 30.3. The van der Waals surface area contributed by atoms with Gasteiger partial charge in [0, 0.05) is 43.5 Å². The van der Waals surface area contributed by atoms with Gasteiger partial charge >= 0.3 is 0 Å². The van der Waals surface area contributed by atoms with Gasteiger partial charge in [-0.15, -0.1) is 5.10 Å². The van der Waals surface area contributed by atoms with Crippen LogP contribution in [0.25, 0.3) is 5.52 Å². The maximum atomic E-state index is 9.28. The van der Waals surface area contributed by atoms with E-state index in [9.17, 15) is 5.11 Å². The Kier molecular flexibility index (Phi) is 5.25. The minimum atomic E-state index is -0.0220. The number of thiazole rings is 1. The molecule has 0 spiro atoms. The van der Waals surface area contributed by atoms with E-state index in [1.54, 1.807) is 6.20 Å². The average molecular weight is 425 g/mol. The second-order valence-corrected chi connectivity index (χ2v) is 9.00. The molecule has 3 aromatic heterocycles. The number of anilines is 3. The molecule has 3 N–H and O–H groups in total. The SMILES string of the molecule is N#CCCN1C2CC[C@H]1C[C@H](Nc1nc(Nc3ncc(CO)s3)c3cccn3n1)C2. The van der Waals surface area contributed by atoms with Crippen molar-refractivity contribution >= 4 is 33.8 Å². The number of nitrogens with zero attached hydrogens (tertiary/aromatic N) is 6. The molecule has 9 nitrogen and oxygen atoms in total. The summed E-state index contributed by atoms with van der Waals surface area (Å²) < 4.78 is 1.81. The van der Waals surface area contributed by atoms with E-state index in [0.717, 1.165) is 29.8 Å². The van der Waals surface area contributed by atoms with E-state index in [1.165, 1.54) is 24.2 Å². The van der Waals surface area contributed by atoms with Crippen molar-refractivity contribution in [2.75, 3.05) is 17.2 Å². The highest BCUT2D eigenvalue weighted by atomic mass is 32.1. The molecule has 0 amide bonds. The Balaban J connectivity index is 1.33. The van der Waals surface area contributed by atoms with Crippen molar-refractivity contribution in [3.05, 3.63) is 29.4 Å². The van der Waals surface area contributed by atoms with Crippen LogP contribution in [0.5, 0.6) is 0 Å². The first-order valence-corrected chi connectivity index (χ1v) is 11.1. The van der Waals surface area contributed by atoms with E-state index in [2.05, 4.69) is 31.7 Å². The smallest absolute Gasteiger partial charge is 0.243 e. The van der Waals surface area contributed by atoms with Crippen LogP contribution in [-0.2, 0) is 6.61 Å². The summed E-state index contributed by atoms with van der Waals surface area (Å²) in [5.74, 6) is 1.28. The molecule has 5 heterocycles. The quantitative estimate of drug-likeness (QED) is 0.530. The molecular weight excluding hydrogens is 400 g/mol. The van der Waals surface area contributed by atoms with E-state index in [4.69, 9.17) is 10.2 Å². The van der Waals surface area contributed by atoms with Crippen LogP contribution in [-0.4, -0.2) is 54.3 Å². The molecule has 3 aromatic rings. The average Bonchev–Trinajstić information content (AvgIpc) is 3.45. The topological polar surface area (TPSA) is 114 Å². The summed E-state index contributed by atoms with van der Waals surface area (Å²) in [7, 11) is 0. The van der Waals surface area contributed by atoms with E-state index in [-0.39, 0.29) is 6.61 Å². The van der Waals surface area contributed by atoms with Crippen LogP contribution in [0.4, 0.5) is 16.9 Å². The zero-order valence-electron chi connectivity index (χ0n) is 16.5. The van der Waals surface area contributed by atoms with Gasteiger partial charge in [-0.05, 0) is 37.8 Å². The molecule has 5 rings (SSSR count). The van der Waals surface area contributed by atoms with Gasteiger partial charge in [0.25, 0.3) is 0 Å². The Morgan fingerprint density at radius 1 is 1.30 bits per heavy atom.